The zero-order valence-electron chi connectivity index (χ0n) is 28.3. The largest absolute Gasteiger partial charge is 0.456 e. The van der Waals surface area contributed by atoms with Crippen LogP contribution in [-0.2, 0) is 11.8 Å². The van der Waals surface area contributed by atoms with Crippen molar-refractivity contribution in [2.75, 3.05) is 4.90 Å². The van der Waals surface area contributed by atoms with E-state index in [9.17, 15) is 0 Å². The molecule has 0 saturated carbocycles. The highest BCUT2D eigenvalue weighted by Crippen LogP contribution is 2.50. The van der Waals surface area contributed by atoms with E-state index in [0.717, 1.165) is 51.3 Å². The van der Waals surface area contributed by atoms with Crippen molar-refractivity contribution in [1.82, 2.24) is 0 Å². The topological polar surface area (TPSA) is 16.4 Å². The molecule has 49 heavy (non-hydrogen) atoms. The molecule has 238 valence electrons. The Morgan fingerprint density at radius 2 is 1.22 bits per heavy atom. The lowest BCUT2D eigenvalue weighted by Gasteiger charge is -2.28. The number of anilines is 3. The van der Waals surface area contributed by atoms with E-state index < -0.39 is 0 Å². The van der Waals surface area contributed by atoms with Crippen LogP contribution in [-0.4, -0.2) is 0 Å². The van der Waals surface area contributed by atoms with Gasteiger partial charge in [0.25, 0.3) is 0 Å². The molecule has 0 saturated heterocycles. The maximum atomic E-state index is 6.49. The summed E-state index contributed by atoms with van der Waals surface area (Å²) in [6.45, 7) is 10.7. The normalized spacial score (nSPS) is 13.0. The van der Waals surface area contributed by atoms with Crippen LogP contribution in [0.5, 0.6) is 0 Å². The molecule has 0 amide bonds. The first-order valence-electron chi connectivity index (χ1n) is 17.1. The minimum atomic E-state index is -0.0907. The first kappa shape index (κ1) is 30.5. The molecule has 0 spiro atoms. The predicted molar refractivity (Wildman–Crippen MR) is 208 cm³/mol. The third-order valence-corrected chi connectivity index (χ3v) is 10.0. The molecule has 0 bridgehead atoms. The van der Waals surface area contributed by atoms with Crippen molar-refractivity contribution in [3.8, 4) is 33.4 Å². The fourth-order valence-electron chi connectivity index (χ4n) is 7.56. The van der Waals surface area contributed by atoms with Crippen LogP contribution in [0.15, 0.2) is 163 Å². The first-order chi connectivity index (χ1) is 24.0. The Morgan fingerprint density at radius 1 is 0.612 bits per heavy atom. The molecule has 1 aromatic heterocycles. The predicted octanol–water partition coefficient (Wildman–Crippen LogP) is 13.3. The van der Waals surface area contributed by atoms with Crippen LogP contribution >= 0.6 is 0 Å². The number of furan rings is 1. The smallest absolute Gasteiger partial charge is 0.142 e. The lowest BCUT2D eigenvalue weighted by Crippen LogP contribution is -2.16. The Kier molecular flexibility index (Phi) is 7.65. The summed E-state index contributed by atoms with van der Waals surface area (Å²) in [7, 11) is 0. The van der Waals surface area contributed by atoms with Crippen molar-refractivity contribution in [3.63, 3.8) is 0 Å². The maximum Gasteiger partial charge on any atom is 0.142 e. The van der Waals surface area contributed by atoms with Gasteiger partial charge in [-0.25, -0.2) is 0 Å². The van der Waals surface area contributed by atoms with E-state index in [0.29, 0.717) is 0 Å². The van der Waals surface area contributed by atoms with Gasteiger partial charge in [-0.05, 0) is 94.8 Å². The van der Waals surface area contributed by atoms with Gasteiger partial charge in [-0.1, -0.05) is 129 Å². The van der Waals surface area contributed by atoms with Crippen LogP contribution in [0.4, 0.5) is 17.1 Å². The Balaban J connectivity index is 1.23. The second-order valence-corrected chi connectivity index (χ2v) is 13.3. The van der Waals surface area contributed by atoms with Gasteiger partial charge in [-0.15, -0.1) is 6.58 Å². The molecule has 1 aliphatic rings. The number of fused-ring (bicyclic) bond motifs is 4. The van der Waals surface area contributed by atoms with E-state index in [1.54, 1.807) is 0 Å². The van der Waals surface area contributed by atoms with Gasteiger partial charge in [0, 0.05) is 39.0 Å². The van der Waals surface area contributed by atoms with Crippen molar-refractivity contribution >= 4 is 34.1 Å². The van der Waals surface area contributed by atoms with Crippen molar-refractivity contribution in [1.29, 1.82) is 0 Å². The van der Waals surface area contributed by atoms with E-state index in [4.69, 9.17) is 4.42 Å². The van der Waals surface area contributed by atoms with Gasteiger partial charge in [-0.3, -0.25) is 0 Å². The highest BCUT2D eigenvalue weighted by Gasteiger charge is 2.35. The van der Waals surface area contributed by atoms with Crippen molar-refractivity contribution in [3.05, 3.63) is 181 Å². The van der Waals surface area contributed by atoms with Crippen LogP contribution in [0.3, 0.4) is 0 Å². The fourth-order valence-corrected chi connectivity index (χ4v) is 7.56. The van der Waals surface area contributed by atoms with Gasteiger partial charge in [0.15, 0.2) is 0 Å². The SMILES string of the molecule is C=CCc1c(/C=C\C)oc2c(-c3ccc(N(c4ccc(-c5ccccc5)cc4)c4ccc5c(c4)C(C)(C)c4ccccc4-5)cc3)cccc12. The molecule has 0 N–H and O–H groups in total. The molecule has 2 heteroatoms. The molecule has 8 rings (SSSR count). The number of hydrogen-bond donors (Lipinski definition) is 0. The van der Waals surface area contributed by atoms with E-state index in [-0.39, 0.29) is 5.41 Å². The molecular formula is C47H39NO. The molecule has 1 heterocycles. The summed E-state index contributed by atoms with van der Waals surface area (Å²) in [5.41, 5.74) is 15.3. The minimum Gasteiger partial charge on any atom is -0.456 e. The number of nitrogens with zero attached hydrogens (tertiary/aromatic N) is 1. The number of hydrogen-bond acceptors (Lipinski definition) is 2. The summed E-state index contributed by atoms with van der Waals surface area (Å²) in [4.78, 5) is 2.37. The van der Waals surface area contributed by atoms with Gasteiger partial charge in [0.05, 0.1) is 0 Å². The number of benzene rings is 6. The van der Waals surface area contributed by atoms with Crippen LogP contribution in [0.2, 0.25) is 0 Å². The van der Waals surface area contributed by atoms with Gasteiger partial charge >= 0.3 is 0 Å². The molecule has 1 aliphatic carbocycles. The Bertz CT molecular complexity index is 2340. The first-order valence-corrected chi connectivity index (χ1v) is 17.1. The third kappa shape index (κ3) is 5.21. The summed E-state index contributed by atoms with van der Waals surface area (Å²) in [6.07, 6.45) is 6.77. The van der Waals surface area contributed by atoms with Gasteiger partial charge in [0.2, 0.25) is 0 Å². The molecule has 0 unspecified atom stereocenters. The summed E-state index contributed by atoms with van der Waals surface area (Å²) in [5.74, 6) is 0.897. The summed E-state index contributed by atoms with van der Waals surface area (Å²) in [5, 5.41) is 1.14. The van der Waals surface area contributed by atoms with E-state index in [1.807, 2.05) is 25.2 Å². The van der Waals surface area contributed by atoms with Crippen LogP contribution in [0.1, 0.15) is 43.2 Å². The molecule has 7 aromatic rings. The van der Waals surface area contributed by atoms with Crippen molar-refractivity contribution in [2.24, 2.45) is 0 Å². The molecule has 2 nitrogen and oxygen atoms in total. The van der Waals surface area contributed by atoms with Crippen LogP contribution < -0.4 is 4.90 Å². The molecule has 0 fully saturated rings. The highest BCUT2D eigenvalue weighted by atomic mass is 16.3. The average Bonchev–Trinajstić information content (AvgIpc) is 3.60. The second-order valence-electron chi connectivity index (χ2n) is 13.3. The van der Waals surface area contributed by atoms with Gasteiger partial charge < -0.3 is 9.32 Å². The highest BCUT2D eigenvalue weighted by molar-refractivity contribution is 5.97. The van der Waals surface area contributed by atoms with Gasteiger partial charge in [-0.2, -0.15) is 0 Å². The van der Waals surface area contributed by atoms with Crippen molar-refractivity contribution in [2.45, 2.75) is 32.6 Å². The molecule has 0 aliphatic heterocycles. The monoisotopic (exact) mass is 633 g/mol. The third-order valence-electron chi connectivity index (χ3n) is 10.0. The molecular weight excluding hydrogens is 595 g/mol. The molecule has 0 radical (unpaired) electrons. The fraction of sp³-hybridized carbons (Fsp3) is 0.106. The quantitative estimate of drug-likeness (QED) is 0.155. The lowest BCUT2D eigenvalue weighted by atomic mass is 9.82. The average molecular weight is 634 g/mol. The lowest BCUT2D eigenvalue weighted by molar-refractivity contribution is 0.601. The molecule has 0 atom stereocenters. The summed E-state index contributed by atoms with van der Waals surface area (Å²) >= 11 is 0. The van der Waals surface area contributed by atoms with E-state index in [2.05, 4.69) is 165 Å². The number of para-hydroxylation sites is 1. The zero-order chi connectivity index (χ0) is 33.5. The zero-order valence-corrected chi connectivity index (χ0v) is 28.3. The number of allylic oxidation sites excluding steroid dienone is 2. The standard InChI is InChI=1S/C47H39NO/c1-5-13-41-42-19-12-18-38(46(42)49-45(41)14-6-2)34-23-27-36(28-24-34)48(35-25-21-33(22-26-35)32-15-8-7-9-16-32)37-29-30-40-39-17-10-11-20-43(39)47(3,4)44(40)31-37/h5-12,14-31H,1,13H2,2-4H3/b14-6-. The maximum absolute atomic E-state index is 6.49. The second kappa shape index (κ2) is 12.3. The summed E-state index contributed by atoms with van der Waals surface area (Å²) in [6, 6.07) is 50.6. The Morgan fingerprint density at radius 3 is 1.94 bits per heavy atom. The minimum absolute atomic E-state index is 0.0907. The van der Waals surface area contributed by atoms with E-state index >= 15 is 0 Å². The van der Waals surface area contributed by atoms with Gasteiger partial charge in [0.1, 0.15) is 11.3 Å². The Labute approximate surface area is 289 Å². The van der Waals surface area contributed by atoms with Crippen LogP contribution in [0, 0.1) is 0 Å². The number of rotatable bonds is 8. The van der Waals surface area contributed by atoms with Crippen molar-refractivity contribution < 1.29 is 4.42 Å². The van der Waals surface area contributed by atoms with Crippen LogP contribution in [0.25, 0.3) is 50.4 Å². The summed E-state index contributed by atoms with van der Waals surface area (Å²) < 4.78 is 6.49. The Hall–Kier alpha value is -5.86. The van der Waals surface area contributed by atoms with E-state index in [1.165, 1.54) is 38.9 Å². The molecule has 6 aromatic carbocycles.